The lowest BCUT2D eigenvalue weighted by molar-refractivity contribution is -0.133. The van der Waals surface area contributed by atoms with Crippen molar-refractivity contribution in [2.24, 2.45) is 0 Å². The molecule has 0 N–H and O–H groups in total. The van der Waals surface area contributed by atoms with Crippen molar-refractivity contribution < 1.29 is 19.1 Å². The van der Waals surface area contributed by atoms with Crippen molar-refractivity contribution in [2.75, 3.05) is 34.4 Å². The first-order chi connectivity index (χ1) is 15.0. The molecule has 0 saturated carbocycles. The Morgan fingerprint density at radius 3 is 2.55 bits per heavy atom. The van der Waals surface area contributed by atoms with E-state index in [9.17, 15) is 9.59 Å². The minimum Gasteiger partial charge on any atom is -0.493 e. The number of rotatable bonds is 6. The van der Waals surface area contributed by atoms with Crippen LogP contribution in [0.1, 0.15) is 58.8 Å². The number of hydrogen-bond acceptors (Lipinski definition) is 4. The van der Waals surface area contributed by atoms with Gasteiger partial charge in [0.2, 0.25) is 5.91 Å². The van der Waals surface area contributed by atoms with Crippen LogP contribution < -0.4 is 9.47 Å². The van der Waals surface area contributed by atoms with Crippen molar-refractivity contribution in [2.45, 2.75) is 38.1 Å². The lowest BCUT2D eigenvalue weighted by atomic mass is 9.75. The van der Waals surface area contributed by atoms with Gasteiger partial charge in [0.15, 0.2) is 11.5 Å². The average molecular weight is 423 g/mol. The second-order valence-electron chi connectivity index (χ2n) is 8.28. The van der Waals surface area contributed by atoms with E-state index in [-0.39, 0.29) is 17.9 Å². The summed E-state index contributed by atoms with van der Waals surface area (Å²) in [6.07, 6.45) is 2.74. The van der Waals surface area contributed by atoms with Gasteiger partial charge in [0, 0.05) is 25.7 Å². The van der Waals surface area contributed by atoms with Gasteiger partial charge >= 0.3 is 0 Å². The fraction of sp³-hybridized carbons (Fsp3) is 0.440. The highest BCUT2D eigenvalue weighted by Gasteiger charge is 2.47. The number of amides is 2. The molecule has 0 saturated heterocycles. The number of nitrogens with zero attached hydrogens (tertiary/aromatic N) is 2. The largest absolute Gasteiger partial charge is 0.493 e. The van der Waals surface area contributed by atoms with E-state index >= 15 is 0 Å². The third kappa shape index (κ3) is 3.54. The van der Waals surface area contributed by atoms with E-state index in [0.29, 0.717) is 35.7 Å². The van der Waals surface area contributed by atoms with Crippen LogP contribution in [0.15, 0.2) is 36.4 Å². The molecule has 2 aromatic rings. The Morgan fingerprint density at radius 1 is 1.13 bits per heavy atom. The van der Waals surface area contributed by atoms with Crippen LogP contribution in [0.4, 0.5) is 0 Å². The van der Waals surface area contributed by atoms with Gasteiger partial charge in [0.1, 0.15) is 0 Å². The molecule has 2 heterocycles. The number of methoxy groups -OCH3 is 2. The van der Waals surface area contributed by atoms with Gasteiger partial charge in [-0.2, -0.15) is 0 Å². The summed E-state index contributed by atoms with van der Waals surface area (Å²) in [7, 11) is 4.98. The third-order valence-corrected chi connectivity index (χ3v) is 6.52. The molecule has 2 unspecified atom stereocenters. The number of carbonyl (C=O) groups excluding carboxylic acids is 2. The molecular weight excluding hydrogens is 392 g/mol. The number of ether oxygens (including phenoxy) is 2. The molecule has 0 aromatic heterocycles. The maximum absolute atomic E-state index is 13.8. The van der Waals surface area contributed by atoms with Crippen molar-refractivity contribution in [1.29, 1.82) is 0 Å². The van der Waals surface area contributed by atoms with Crippen molar-refractivity contribution in [3.63, 3.8) is 0 Å². The Labute approximate surface area is 183 Å². The van der Waals surface area contributed by atoms with Gasteiger partial charge in [0.25, 0.3) is 5.91 Å². The van der Waals surface area contributed by atoms with E-state index in [1.807, 2.05) is 30.1 Å². The Morgan fingerprint density at radius 2 is 1.84 bits per heavy atom. The molecule has 6 nitrogen and oxygen atoms in total. The van der Waals surface area contributed by atoms with Crippen LogP contribution >= 0.6 is 0 Å². The quantitative estimate of drug-likeness (QED) is 0.711. The maximum Gasteiger partial charge on any atom is 0.254 e. The Balaban J connectivity index is 1.90. The maximum atomic E-state index is 13.8. The fourth-order valence-electron chi connectivity index (χ4n) is 4.86. The van der Waals surface area contributed by atoms with Crippen LogP contribution in [0.2, 0.25) is 0 Å². The van der Waals surface area contributed by atoms with Gasteiger partial charge in [-0.25, -0.2) is 0 Å². The molecule has 164 valence electrons. The van der Waals surface area contributed by atoms with Crippen LogP contribution in [0.3, 0.4) is 0 Å². The second kappa shape index (κ2) is 8.61. The first-order valence-corrected chi connectivity index (χ1v) is 10.9. The van der Waals surface area contributed by atoms with E-state index < -0.39 is 5.92 Å². The van der Waals surface area contributed by atoms with E-state index in [1.54, 1.807) is 25.2 Å². The van der Waals surface area contributed by atoms with Gasteiger partial charge in [-0.1, -0.05) is 37.6 Å². The number of benzene rings is 2. The Bertz CT molecular complexity index is 1000. The monoisotopic (exact) mass is 422 g/mol. The third-order valence-electron chi connectivity index (χ3n) is 6.52. The standard InChI is InChI=1S/C25H30N2O4/c1-5-6-12-26(2)25(29)22-18-14-20(30-3)21(31-4)15-19(18)24(28)27-13-11-16-9-7-8-10-17(16)23(22)27/h7-10,14-15,22-23H,5-6,11-13H2,1-4H3. The van der Waals surface area contributed by atoms with Crippen molar-refractivity contribution in [3.05, 3.63) is 58.7 Å². The molecule has 0 radical (unpaired) electrons. The smallest absolute Gasteiger partial charge is 0.254 e. The van der Waals surface area contributed by atoms with Gasteiger partial charge in [-0.3, -0.25) is 9.59 Å². The highest BCUT2D eigenvalue weighted by Crippen LogP contribution is 2.48. The molecule has 0 spiro atoms. The van der Waals surface area contributed by atoms with E-state index in [0.717, 1.165) is 24.8 Å². The van der Waals surface area contributed by atoms with E-state index in [4.69, 9.17) is 9.47 Å². The highest BCUT2D eigenvalue weighted by molar-refractivity contribution is 6.02. The summed E-state index contributed by atoms with van der Waals surface area (Å²) in [5.74, 6) is 0.504. The van der Waals surface area contributed by atoms with Gasteiger partial charge in [-0.15, -0.1) is 0 Å². The first-order valence-electron chi connectivity index (χ1n) is 10.9. The van der Waals surface area contributed by atoms with Gasteiger partial charge < -0.3 is 19.3 Å². The summed E-state index contributed by atoms with van der Waals surface area (Å²) in [6.45, 7) is 3.40. The number of fused-ring (bicyclic) bond motifs is 4. The first kappa shape index (κ1) is 21.2. The minimum atomic E-state index is -0.490. The fourth-order valence-corrected chi connectivity index (χ4v) is 4.86. The zero-order valence-electron chi connectivity index (χ0n) is 18.7. The lowest BCUT2D eigenvalue weighted by Crippen LogP contribution is -2.50. The molecule has 0 aliphatic carbocycles. The summed E-state index contributed by atoms with van der Waals surface area (Å²) in [4.78, 5) is 31.0. The molecule has 31 heavy (non-hydrogen) atoms. The predicted molar refractivity (Wildman–Crippen MR) is 119 cm³/mol. The highest BCUT2D eigenvalue weighted by atomic mass is 16.5. The van der Waals surface area contributed by atoms with Gasteiger partial charge in [0.05, 0.1) is 26.2 Å². The molecule has 2 amide bonds. The molecule has 2 atom stereocenters. The normalized spacial score (nSPS) is 19.2. The lowest BCUT2D eigenvalue weighted by Gasteiger charge is -2.46. The molecule has 0 bridgehead atoms. The summed E-state index contributed by atoms with van der Waals surface area (Å²) >= 11 is 0. The van der Waals surface area contributed by atoms with Crippen molar-refractivity contribution in [1.82, 2.24) is 9.80 Å². The van der Waals surface area contributed by atoms with Crippen LogP contribution in [-0.4, -0.2) is 56.0 Å². The number of unbranched alkanes of at least 4 members (excludes halogenated alkanes) is 1. The molecule has 2 aromatic carbocycles. The summed E-state index contributed by atoms with van der Waals surface area (Å²) in [6, 6.07) is 11.4. The van der Waals surface area contributed by atoms with Crippen LogP contribution in [-0.2, 0) is 11.2 Å². The van der Waals surface area contributed by atoms with Gasteiger partial charge in [-0.05, 0) is 41.7 Å². The zero-order valence-corrected chi connectivity index (χ0v) is 18.7. The summed E-state index contributed by atoms with van der Waals surface area (Å²) in [5.41, 5.74) is 3.50. The number of carbonyl (C=O) groups is 2. The van der Waals surface area contributed by atoms with Crippen LogP contribution in [0.25, 0.3) is 0 Å². The molecule has 0 fully saturated rings. The molecule has 2 aliphatic heterocycles. The molecular formula is C25H30N2O4. The zero-order chi connectivity index (χ0) is 22.1. The predicted octanol–water partition coefficient (Wildman–Crippen LogP) is 3.80. The summed E-state index contributed by atoms with van der Waals surface area (Å²) < 4.78 is 11.0. The van der Waals surface area contributed by atoms with E-state index in [2.05, 4.69) is 19.1 Å². The topological polar surface area (TPSA) is 59.1 Å². The second-order valence-corrected chi connectivity index (χ2v) is 8.28. The molecule has 6 heteroatoms. The van der Waals surface area contributed by atoms with Crippen molar-refractivity contribution >= 4 is 11.8 Å². The SMILES string of the molecule is CCCCN(C)C(=O)C1c2cc(OC)c(OC)cc2C(=O)N2CCc3ccccc3C12. The molecule has 2 aliphatic rings. The summed E-state index contributed by atoms with van der Waals surface area (Å²) in [5, 5.41) is 0. The molecule has 4 rings (SSSR count). The van der Waals surface area contributed by atoms with Crippen molar-refractivity contribution in [3.8, 4) is 11.5 Å². The Hall–Kier alpha value is -3.02. The van der Waals surface area contributed by atoms with Crippen LogP contribution in [0.5, 0.6) is 11.5 Å². The number of hydrogen-bond donors (Lipinski definition) is 0. The number of likely N-dealkylation sites (N-methyl/N-ethyl adjacent to an activating group) is 1. The minimum absolute atomic E-state index is 0.0288. The Kier molecular flexibility index (Phi) is 5.90. The average Bonchev–Trinajstić information content (AvgIpc) is 2.81. The van der Waals surface area contributed by atoms with Crippen LogP contribution in [0, 0.1) is 0 Å². The van der Waals surface area contributed by atoms with E-state index in [1.165, 1.54) is 5.56 Å².